The Kier molecular flexibility index (Phi) is 4.36. The van der Waals surface area contributed by atoms with Gasteiger partial charge in [-0.1, -0.05) is 24.3 Å². The van der Waals surface area contributed by atoms with Crippen LogP contribution in [0.15, 0.2) is 60.7 Å². The van der Waals surface area contributed by atoms with Gasteiger partial charge in [-0.05, 0) is 43.3 Å². The normalized spacial score (nSPS) is 10.8. The van der Waals surface area contributed by atoms with Crippen LogP contribution in [0.2, 0.25) is 0 Å². The number of aromatic nitrogens is 1. The van der Waals surface area contributed by atoms with E-state index >= 15 is 0 Å². The Bertz CT molecular complexity index is 1090. The minimum atomic E-state index is -0.192. The van der Waals surface area contributed by atoms with Crippen molar-refractivity contribution in [1.29, 1.82) is 0 Å². The van der Waals surface area contributed by atoms with Crippen molar-refractivity contribution in [3.63, 3.8) is 0 Å². The predicted molar refractivity (Wildman–Crippen MR) is 107 cm³/mol. The number of para-hydroxylation sites is 1. The van der Waals surface area contributed by atoms with Crippen molar-refractivity contribution in [2.75, 3.05) is 5.32 Å². The molecule has 0 fully saturated rings. The Morgan fingerprint density at radius 2 is 1.81 bits per heavy atom. The van der Waals surface area contributed by atoms with Gasteiger partial charge in [-0.15, -0.1) is 22.7 Å². The molecular weight excluding hydrogens is 364 g/mol. The summed E-state index contributed by atoms with van der Waals surface area (Å²) in [5, 5.41) is 3.76. The molecule has 2 aromatic carbocycles. The van der Waals surface area contributed by atoms with E-state index in [1.807, 2.05) is 30.3 Å². The highest BCUT2D eigenvalue weighted by Gasteiger charge is 2.14. The van der Waals surface area contributed by atoms with Gasteiger partial charge in [-0.2, -0.15) is 0 Å². The first-order valence-corrected chi connectivity index (χ1v) is 9.61. The fourth-order valence-electron chi connectivity index (χ4n) is 2.56. The van der Waals surface area contributed by atoms with Crippen molar-refractivity contribution in [1.82, 2.24) is 4.98 Å². The summed E-state index contributed by atoms with van der Waals surface area (Å²) in [5.74, 6) is -0.224. The molecule has 2 aromatic heterocycles. The number of carbonyl (C=O) groups is 2. The highest BCUT2D eigenvalue weighted by molar-refractivity contribution is 7.26. The van der Waals surface area contributed by atoms with E-state index in [4.69, 9.17) is 0 Å². The molecule has 0 aliphatic rings. The second-order valence-electron chi connectivity index (χ2n) is 5.74. The third-order valence-corrected chi connectivity index (χ3v) is 6.15. The van der Waals surface area contributed by atoms with Gasteiger partial charge in [-0.25, -0.2) is 4.98 Å². The van der Waals surface area contributed by atoms with E-state index in [-0.39, 0.29) is 11.7 Å². The van der Waals surface area contributed by atoms with Crippen LogP contribution in [0.5, 0.6) is 0 Å². The highest BCUT2D eigenvalue weighted by Crippen LogP contribution is 2.34. The Balaban J connectivity index is 1.56. The van der Waals surface area contributed by atoms with Gasteiger partial charge in [0.15, 0.2) is 5.78 Å². The molecule has 26 heavy (non-hydrogen) atoms. The molecule has 0 saturated carbocycles. The van der Waals surface area contributed by atoms with Gasteiger partial charge in [0.25, 0.3) is 5.91 Å². The van der Waals surface area contributed by atoms with Crippen molar-refractivity contribution < 1.29 is 9.59 Å². The van der Waals surface area contributed by atoms with Crippen molar-refractivity contribution >= 4 is 50.3 Å². The number of fused-ring (bicyclic) bond motifs is 1. The number of anilines is 1. The summed E-state index contributed by atoms with van der Waals surface area (Å²) in [4.78, 5) is 30.2. The maximum absolute atomic E-state index is 12.5. The lowest BCUT2D eigenvalue weighted by Gasteiger charge is -2.04. The number of hydrogen-bond donors (Lipinski definition) is 1. The van der Waals surface area contributed by atoms with Crippen LogP contribution in [0.4, 0.5) is 5.69 Å². The van der Waals surface area contributed by atoms with Crippen LogP contribution in [0, 0.1) is 0 Å². The quantitative estimate of drug-likeness (QED) is 0.478. The van der Waals surface area contributed by atoms with Crippen LogP contribution >= 0.6 is 22.7 Å². The summed E-state index contributed by atoms with van der Waals surface area (Å²) >= 11 is 3.02. The van der Waals surface area contributed by atoms with Crippen LogP contribution in [-0.4, -0.2) is 16.7 Å². The van der Waals surface area contributed by atoms with Crippen LogP contribution in [0.25, 0.3) is 20.1 Å². The molecule has 4 rings (SSSR count). The molecule has 0 radical (unpaired) electrons. The minimum Gasteiger partial charge on any atom is -0.321 e. The number of ketones is 1. The number of nitrogens with one attached hydrogen (secondary N) is 1. The van der Waals surface area contributed by atoms with E-state index in [9.17, 15) is 9.59 Å². The van der Waals surface area contributed by atoms with E-state index in [1.54, 1.807) is 41.7 Å². The SMILES string of the molecule is CC(=O)c1cccc(NC(=O)c2ccc(-c3nc4ccccc4s3)s2)c1. The van der Waals surface area contributed by atoms with E-state index in [2.05, 4.69) is 10.3 Å². The van der Waals surface area contributed by atoms with E-state index < -0.39 is 0 Å². The monoisotopic (exact) mass is 378 g/mol. The average Bonchev–Trinajstić information content (AvgIpc) is 3.28. The molecule has 0 saturated heterocycles. The first kappa shape index (κ1) is 16.6. The molecule has 0 bridgehead atoms. The van der Waals surface area contributed by atoms with E-state index in [1.165, 1.54) is 18.3 Å². The number of thiophene rings is 1. The third-order valence-electron chi connectivity index (χ3n) is 3.86. The molecule has 0 aliphatic heterocycles. The van der Waals surface area contributed by atoms with Crippen molar-refractivity contribution in [2.24, 2.45) is 0 Å². The van der Waals surface area contributed by atoms with Gasteiger partial charge in [0.1, 0.15) is 5.01 Å². The summed E-state index contributed by atoms with van der Waals surface area (Å²) in [7, 11) is 0. The van der Waals surface area contributed by atoms with Gasteiger partial charge in [0.05, 0.1) is 20.0 Å². The average molecular weight is 378 g/mol. The molecule has 6 heteroatoms. The lowest BCUT2D eigenvalue weighted by molar-refractivity contribution is 0.101. The first-order valence-electron chi connectivity index (χ1n) is 7.98. The number of rotatable bonds is 4. The smallest absolute Gasteiger partial charge is 0.265 e. The topological polar surface area (TPSA) is 59.1 Å². The summed E-state index contributed by atoms with van der Waals surface area (Å²) in [6, 6.07) is 18.6. The Morgan fingerprint density at radius 3 is 2.62 bits per heavy atom. The van der Waals surface area contributed by atoms with Gasteiger partial charge in [-0.3, -0.25) is 9.59 Å². The molecule has 1 N–H and O–H groups in total. The van der Waals surface area contributed by atoms with E-state index in [0.717, 1.165) is 20.1 Å². The minimum absolute atomic E-state index is 0.0321. The number of nitrogens with zero attached hydrogens (tertiary/aromatic N) is 1. The Hall–Kier alpha value is -2.83. The summed E-state index contributed by atoms with van der Waals surface area (Å²) in [5.41, 5.74) is 2.15. The molecule has 0 atom stereocenters. The van der Waals surface area contributed by atoms with Crippen LogP contribution in [-0.2, 0) is 0 Å². The van der Waals surface area contributed by atoms with Gasteiger partial charge in [0.2, 0.25) is 0 Å². The summed E-state index contributed by atoms with van der Waals surface area (Å²) in [6.45, 7) is 1.50. The van der Waals surface area contributed by atoms with Gasteiger partial charge < -0.3 is 5.32 Å². The Labute approximate surface area is 158 Å². The third kappa shape index (κ3) is 3.29. The zero-order valence-electron chi connectivity index (χ0n) is 13.9. The number of benzene rings is 2. The number of Topliss-reactive ketones (excluding diaryl/α,β-unsaturated/α-hetero) is 1. The molecule has 4 nitrogen and oxygen atoms in total. The van der Waals surface area contributed by atoms with Gasteiger partial charge >= 0.3 is 0 Å². The molecular formula is C20H14N2O2S2. The van der Waals surface area contributed by atoms with Crippen molar-refractivity contribution in [2.45, 2.75) is 6.92 Å². The van der Waals surface area contributed by atoms with Gasteiger partial charge in [0, 0.05) is 11.3 Å². The number of carbonyl (C=O) groups excluding carboxylic acids is 2. The van der Waals surface area contributed by atoms with Crippen LogP contribution in [0.1, 0.15) is 27.0 Å². The molecule has 0 aliphatic carbocycles. The van der Waals surface area contributed by atoms with Crippen LogP contribution in [0.3, 0.4) is 0 Å². The fourth-order valence-corrected chi connectivity index (χ4v) is 4.48. The zero-order valence-corrected chi connectivity index (χ0v) is 15.5. The summed E-state index contributed by atoms with van der Waals surface area (Å²) in [6.07, 6.45) is 0. The maximum Gasteiger partial charge on any atom is 0.265 e. The van der Waals surface area contributed by atoms with E-state index in [0.29, 0.717) is 16.1 Å². The molecule has 0 unspecified atom stereocenters. The summed E-state index contributed by atoms with van der Waals surface area (Å²) < 4.78 is 1.13. The molecule has 4 aromatic rings. The second-order valence-corrected chi connectivity index (χ2v) is 7.86. The lowest BCUT2D eigenvalue weighted by atomic mass is 10.1. The standard InChI is InChI=1S/C20H14N2O2S2/c1-12(23)13-5-4-6-14(11-13)21-19(24)17-9-10-18(25-17)20-22-15-7-2-3-8-16(15)26-20/h2-11H,1H3,(H,21,24). The van der Waals surface area contributed by atoms with Crippen molar-refractivity contribution in [3.8, 4) is 9.88 Å². The fraction of sp³-hybridized carbons (Fsp3) is 0.0500. The predicted octanol–water partition coefficient (Wildman–Crippen LogP) is 5.48. The highest BCUT2D eigenvalue weighted by atomic mass is 32.1. The number of thiazole rings is 1. The molecule has 128 valence electrons. The largest absolute Gasteiger partial charge is 0.321 e. The molecule has 0 spiro atoms. The van der Waals surface area contributed by atoms with Crippen molar-refractivity contribution in [3.05, 3.63) is 71.1 Å². The number of amides is 1. The Morgan fingerprint density at radius 1 is 0.962 bits per heavy atom. The second kappa shape index (κ2) is 6.82. The van der Waals surface area contributed by atoms with Crippen LogP contribution < -0.4 is 5.32 Å². The number of hydrogen-bond acceptors (Lipinski definition) is 5. The lowest BCUT2D eigenvalue weighted by Crippen LogP contribution is -2.10. The molecule has 2 heterocycles. The molecule has 1 amide bonds. The maximum atomic E-state index is 12.5. The first-order chi connectivity index (χ1) is 12.6. The zero-order chi connectivity index (χ0) is 18.1.